The van der Waals surface area contributed by atoms with Gasteiger partial charge in [0.15, 0.2) is 0 Å². The molecule has 0 fully saturated rings. The van der Waals surface area contributed by atoms with Gasteiger partial charge in [-0.05, 0) is 54.4 Å². The average molecular weight is 480 g/mol. The normalized spacial score (nSPS) is 11.8. The summed E-state index contributed by atoms with van der Waals surface area (Å²) >= 11 is 0. The summed E-state index contributed by atoms with van der Waals surface area (Å²) < 4.78 is 6.94. The second-order valence-corrected chi connectivity index (χ2v) is 8.39. The molecule has 0 saturated carbocycles. The Kier molecular flexibility index (Phi) is 6.57. The summed E-state index contributed by atoms with van der Waals surface area (Å²) in [6.45, 7) is 2.06. The Hall–Kier alpha value is -4.72. The minimum absolute atomic E-state index is 0.0801. The highest BCUT2D eigenvalue weighted by Gasteiger charge is 2.34. The Morgan fingerprint density at radius 2 is 1.69 bits per heavy atom. The van der Waals surface area contributed by atoms with Crippen molar-refractivity contribution in [3.05, 3.63) is 114 Å². The molecule has 1 atom stereocenters. The summed E-state index contributed by atoms with van der Waals surface area (Å²) in [5, 5.41) is 11.3. The number of furan rings is 1. The van der Waals surface area contributed by atoms with Gasteiger partial charge in [-0.25, -0.2) is 4.68 Å². The molecule has 8 nitrogen and oxygen atoms in total. The second kappa shape index (κ2) is 10.3. The minimum atomic E-state index is -0.911. The first-order valence-electron chi connectivity index (χ1n) is 11.6. The predicted molar refractivity (Wildman–Crippen MR) is 136 cm³/mol. The zero-order valence-corrected chi connectivity index (χ0v) is 19.7. The van der Waals surface area contributed by atoms with E-state index in [2.05, 4.69) is 15.6 Å². The SMILES string of the molecule is Cc1ccccc1C(C(=O)NCc1ccco1)N(C(=O)Cn1nnc2ccccc21)c1ccccc1. The molecule has 5 aromatic rings. The predicted octanol–water partition coefficient (Wildman–Crippen LogP) is 4.42. The third-order valence-corrected chi connectivity index (χ3v) is 6.01. The molecule has 36 heavy (non-hydrogen) atoms. The molecule has 1 unspecified atom stereocenters. The molecule has 5 rings (SSSR count). The lowest BCUT2D eigenvalue weighted by Gasteiger charge is -2.32. The fourth-order valence-corrected chi connectivity index (χ4v) is 4.24. The zero-order chi connectivity index (χ0) is 24.9. The van der Waals surface area contributed by atoms with Gasteiger partial charge >= 0.3 is 0 Å². The van der Waals surface area contributed by atoms with Crippen molar-refractivity contribution in [2.45, 2.75) is 26.1 Å². The average Bonchev–Trinajstić information content (AvgIpc) is 3.57. The zero-order valence-electron chi connectivity index (χ0n) is 19.7. The fraction of sp³-hybridized carbons (Fsp3) is 0.143. The monoisotopic (exact) mass is 479 g/mol. The molecule has 1 N–H and O–H groups in total. The highest BCUT2D eigenvalue weighted by atomic mass is 16.3. The Labute approximate surface area is 208 Å². The highest BCUT2D eigenvalue weighted by Crippen LogP contribution is 2.30. The van der Waals surface area contributed by atoms with Crippen LogP contribution in [0.15, 0.2) is 102 Å². The van der Waals surface area contributed by atoms with E-state index in [1.165, 1.54) is 4.90 Å². The first kappa shape index (κ1) is 23.0. The molecule has 3 aromatic carbocycles. The van der Waals surface area contributed by atoms with Crippen LogP contribution in [0, 0.1) is 6.92 Å². The largest absolute Gasteiger partial charge is 0.467 e. The third kappa shape index (κ3) is 4.74. The number of benzene rings is 3. The van der Waals surface area contributed by atoms with E-state index < -0.39 is 6.04 Å². The van der Waals surface area contributed by atoms with E-state index in [4.69, 9.17) is 4.42 Å². The van der Waals surface area contributed by atoms with Crippen molar-refractivity contribution in [3.63, 3.8) is 0 Å². The van der Waals surface area contributed by atoms with Crippen LogP contribution in [-0.4, -0.2) is 26.8 Å². The first-order valence-corrected chi connectivity index (χ1v) is 11.6. The topological polar surface area (TPSA) is 93.3 Å². The number of aromatic nitrogens is 3. The van der Waals surface area contributed by atoms with Gasteiger partial charge in [-0.3, -0.25) is 14.5 Å². The van der Waals surface area contributed by atoms with Gasteiger partial charge < -0.3 is 9.73 Å². The van der Waals surface area contributed by atoms with E-state index in [1.807, 2.05) is 85.8 Å². The molecule has 2 aromatic heterocycles. The number of nitrogens with zero attached hydrogens (tertiary/aromatic N) is 4. The van der Waals surface area contributed by atoms with E-state index in [9.17, 15) is 9.59 Å². The number of fused-ring (bicyclic) bond motifs is 1. The molecule has 2 heterocycles. The molecule has 0 saturated heterocycles. The minimum Gasteiger partial charge on any atom is -0.467 e. The Morgan fingerprint density at radius 1 is 0.944 bits per heavy atom. The lowest BCUT2D eigenvalue weighted by atomic mass is 9.98. The number of para-hydroxylation sites is 2. The van der Waals surface area contributed by atoms with Gasteiger partial charge in [-0.1, -0.05) is 59.8 Å². The standard InChI is InChI=1S/C28H25N5O3/c1-20-10-5-6-14-23(20)27(28(35)29-18-22-13-9-17-36-22)33(21-11-3-2-4-12-21)26(34)19-32-25-16-8-7-15-24(25)30-31-32/h2-17,27H,18-19H2,1H3,(H,29,35). The van der Waals surface area contributed by atoms with E-state index in [-0.39, 0.29) is 24.9 Å². The number of hydrogen-bond acceptors (Lipinski definition) is 5. The van der Waals surface area contributed by atoms with Crippen LogP contribution in [0.3, 0.4) is 0 Å². The lowest BCUT2D eigenvalue weighted by molar-refractivity contribution is -0.127. The summed E-state index contributed by atoms with van der Waals surface area (Å²) in [4.78, 5) is 29.2. The number of nitrogens with one attached hydrogen (secondary N) is 1. The van der Waals surface area contributed by atoms with Crippen LogP contribution < -0.4 is 10.2 Å². The Morgan fingerprint density at radius 3 is 2.47 bits per heavy atom. The van der Waals surface area contributed by atoms with Gasteiger partial charge in [0.2, 0.25) is 11.8 Å². The highest BCUT2D eigenvalue weighted by molar-refractivity contribution is 6.01. The molecule has 0 aliphatic heterocycles. The van der Waals surface area contributed by atoms with Crippen molar-refractivity contribution < 1.29 is 14.0 Å². The Bertz CT molecular complexity index is 1480. The van der Waals surface area contributed by atoms with E-state index in [0.717, 1.165) is 16.6 Å². The summed E-state index contributed by atoms with van der Waals surface area (Å²) in [6, 6.07) is 26.9. The molecule has 0 aliphatic carbocycles. The van der Waals surface area contributed by atoms with E-state index in [1.54, 1.807) is 23.1 Å². The van der Waals surface area contributed by atoms with Gasteiger partial charge in [0.1, 0.15) is 23.9 Å². The van der Waals surface area contributed by atoms with Crippen molar-refractivity contribution in [3.8, 4) is 0 Å². The van der Waals surface area contributed by atoms with Gasteiger partial charge in [0.25, 0.3) is 0 Å². The number of rotatable bonds is 8. The van der Waals surface area contributed by atoms with Crippen LogP contribution in [0.5, 0.6) is 0 Å². The number of hydrogen-bond donors (Lipinski definition) is 1. The molecule has 2 amide bonds. The van der Waals surface area contributed by atoms with Crippen LogP contribution in [0.25, 0.3) is 11.0 Å². The van der Waals surface area contributed by atoms with Gasteiger partial charge in [-0.2, -0.15) is 0 Å². The molecule has 180 valence electrons. The first-order chi connectivity index (χ1) is 17.6. The summed E-state index contributed by atoms with van der Waals surface area (Å²) in [6.07, 6.45) is 1.56. The smallest absolute Gasteiger partial charge is 0.249 e. The van der Waals surface area contributed by atoms with Crippen LogP contribution in [0.4, 0.5) is 5.69 Å². The molecular formula is C28H25N5O3. The maximum absolute atomic E-state index is 14.0. The van der Waals surface area contributed by atoms with E-state index >= 15 is 0 Å². The molecule has 8 heteroatoms. The van der Waals surface area contributed by atoms with Crippen LogP contribution in [0.1, 0.15) is 22.9 Å². The van der Waals surface area contributed by atoms with Crippen LogP contribution >= 0.6 is 0 Å². The van der Waals surface area contributed by atoms with Crippen LogP contribution in [0.2, 0.25) is 0 Å². The van der Waals surface area contributed by atoms with Gasteiger partial charge in [0, 0.05) is 5.69 Å². The maximum atomic E-state index is 14.0. The molecule has 0 radical (unpaired) electrons. The van der Waals surface area contributed by atoms with Crippen LogP contribution in [-0.2, 0) is 22.7 Å². The number of carbonyl (C=O) groups excluding carboxylic acids is 2. The second-order valence-electron chi connectivity index (χ2n) is 8.39. The fourth-order valence-electron chi connectivity index (χ4n) is 4.24. The van der Waals surface area contributed by atoms with Crippen molar-refractivity contribution in [2.75, 3.05) is 4.90 Å². The Balaban J connectivity index is 1.55. The third-order valence-electron chi connectivity index (χ3n) is 6.01. The summed E-state index contributed by atoms with van der Waals surface area (Å²) in [5.74, 6) is 0.0122. The number of anilines is 1. The van der Waals surface area contributed by atoms with Crippen molar-refractivity contribution >= 4 is 28.5 Å². The summed E-state index contributed by atoms with van der Waals surface area (Å²) in [5.41, 5.74) is 3.68. The molecular weight excluding hydrogens is 454 g/mol. The van der Waals surface area contributed by atoms with Gasteiger partial charge in [0.05, 0.1) is 18.3 Å². The van der Waals surface area contributed by atoms with Gasteiger partial charge in [-0.15, -0.1) is 5.10 Å². The molecule has 0 spiro atoms. The van der Waals surface area contributed by atoms with Crippen molar-refractivity contribution in [2.24, 2.45) is 0 Å². The molecule has 0 bridgehead atoms. The lowest BCUT2D eigenvalue weighted by Crippen LogP contribution is -2.45. The quantitative estimate of drug-likeness (QED) is 0.356. The number of aryl methyl sites for hydroxylation is 1. The number of amides is 2. The molecule has 0 aliphatic rings. The summed E-state index contributed by atoms with van der Waals surface area (Å²) in [7, 11) is 0. The number of carbonyl (C=O) groups is 2. The van der Waals surface area contributed by atoms with Crippen molar-refractivity contribution in [1.82, 2.24) is 20.3 Å². The van der Waals surface area contributed by atoms with E-state index in [0.29, 0.717) is 17.0 Å². The van der Waals surface area contributed by atoms with Crippen molar-refractivity contribution in [1.29, 1.82) is 0 Å². The maximum Gasteiger partial charge on any atom is 0.249 e.